The normalized spacial score (nSPS) is 10.3. The summed E-state index contributed by atoms with van der Waals surface area (Å²) in [4.78, 5) is 12.3. The summed E-state index contributed by atoms with van der Waals surface area (Å²) in [6.07, 6.45) is 0. The summed E-state index contributed by atoms with van der Waals surface area (Å²) in [6.45, 7) is 0.0223. The second-order valence-electron chi connectivity index (χ2n) is 5.44. The van der Waals surface area contributed by atoms with Crippen molar-refractivity contribution in [2.75, 3.05) is 17.2 Å². The minimum atomic E-state index is -0.420. The zero-order valence-corrected chi connectivity index (χ0v) is 14.1. The molecule has 3 aromatic rings. The Balaban J connectivity index is 1.69. The summed E-state index contributed by atoms with van der Waals surface area (Å²) in [5.41, 5.74) is 3.20. The van der Waals surface area contributed by atoms with Crippen LogP contribution in [0.4, 0.5) is 15.8 Å². The van der Waals surface area contributed by atoms with Gasteiger partial charge in [-0.25, -0.2) is 4.39 Å². The molecule has 0 aliphatic heterocycles. The van der Waals surface area contributed by atoms with E-state index in [1.165, 1.54) is 18.2 Å². The first-order valence-corrected chi connectivity index (χ1v) is 8.14. The first kappa shape index (κ1) is 17.0. The lowest BCUT2D eigenvalue weighted by Crippen LogP contribution is -2.22. The molecule has 0 saturated heterocycles. The van der Waals surface area contributed by atoms with Crippen LogP contribution in [-0.2, 0) is 4.79 Å². The van der Waals surface area contributed by atoms with E-state index in [4.69, 9.17) is 11.6 Å². The average Bonchev–Trinajstić information content (AvgIpc) is 2.62. The Morgan fingerprint density at radius 1 is 0.920 bits per heavy atom. The fourth-order valence-corrected chi connectivity index (χ4v) is 2.70. The minimum absolute atomic E-state index is 0.0223. The van der Waals surface area contributed by atoms with E-state index in [0.29, 0.717) is 5.69 Å². The molecule has 5 heteroatoms. The van der Waals surface area contributed by atoms with Crippen LogP contribution in [0.15, 0.2) is 72.8 Å². The maximum Gasteiger partial charge on any atom is 0.243 e. The van der Waals surface area contributed by atoms with E-state index in [2.05, 4.69) is 10.6 Å². The summed E-state index contributed by atoms with van der Waals surface area (Å²) in [7, 11) is 0. The maximum absolute atomic E-state index is 13.0. The van der Waals surface area contributed by atoms with Crippen LogP contribution in [0, 0.1) is 5.82 Å². The van der Waals surface area contributed by atoms with Gasteiger partial charge in [0.25, 0.3) is 0 Å². The van der Waals surface area contributed by atoms with E-state index in [-0.39, 0.29) is 17.5 Å². The number of benzene rings is 3. The van der Waals surface area contributed by atoms with Crippen molar-refractivity contribution in [3.8, 4) is 11.1 Å². The number of nitrogens with one attached hydrogen (secondary N) is 2. The molecule has 2 N–H and O–H groups in total. The molecule has 0 radical (unpaired) electrons. The van der Waals surface area contributed by atoms with Crippen molar-refractivity contribution in [1.29, 1.82) is 0 Å². The maximum atomic E-state index is 13.0. The molecule has 0 aliphatic carbocycles. The molecule has 0 fully saturated rings. The van der Waals surface area contributed by atoms with E-state index in [9.17, 15) is 9.18 Å². The van der Waals surface area contributed by atoms with Crippen LogP contribution in [0.2, 0.25) is 5.02 Å². The predicted octanol–water partition coefficient (Wildman–Crippen LogP) is 5.20. The molecular weight excluding hydrogens is 339 g/mol. The summed E-state index contributed by atoms with van der Waals surface area (Å²) in [6, 6.07) is 21.4. The van der Waals surface area contributed by atoms with E-state index < -0.39 is 5.82 Å². The Labute approximate surface area is 150 Å². The van der Waals surface area contributed by atoms with Crippen molar-refractivity contribution < 1.29 is 9.18 Å². The van der Waals surface area contributed by atoms with Crippen LogP contribution in [0.3, 0.4) is 0 Å². The first-order chi connectivity index (χ1) is 12.1. The lowest BCUT2D eigenvalue weighted by Gasteiger charge is -2.12. The van der Waals surface area contributed by atoms with Crippen LogP contribution >= 0.6 is 11.6 Å². The summed E-state index contributed by atoms with van der Waals surface area (Å²) >= 11 is 5.94. The highest BCUT2D eigenvalue weighted by Gasteiger charge is 2.09. The van der Waals surface area contributed by atoms with E-state index in [1.54, 1.807) is 0 Å². The first-order valence-electron chi connectivity index (χ1n) is 7.77. The molecule has 0 atom stereocenters. The minimum Gasteiger partial charge on any atom is -0.375 e. The van der Waals surface area contributed by atoms with E-state index >= 15 is 0 Å². The van der Waals surface area contributed by atoms with Gasteiger partial charge in [0.2, 0.25) is 5.91 Å². The molecular formula is C20H16ClFN2O. The molecule has 0 spiro atoms. The van der Waals surface area contributed by atoms with Crippen LogP contribution in [-0.4, -0.2) is 12.5 Å². The van der Waals surface area contributed by atoms with E-state index in [0.717, 1.165) is 16.8 Å². The molecule has 1 amide bonds. The lowest BCUT2D eigenvalue weighted by atomic mass is 10.0. The highest BCUT2D eigenvalue weighted by molar-refractivity contribution is 6.33. The van der Waals surface area contributed by atoms with Gasteiger partial charge in [0, 0.05) is 11.3 Å². The average molecular weight is 355 g/mol. The van der Waals surface area contributed by atoms with Gasteiger partial charge in [0.05, 0.1) is 17.3 Å². The van der Waals surface area contributed by atoms with Crippen molar-refractivity contribution in [1.82, 2.24) is 0 Å². The van der Waals surface area contributed by atoms with Crippen LogP contribution in [0.1, 0.15) is 0 Å². The monoisotopic (exact) mass is 354 g/mol. The second-order valence-corrected chi connectivity index (χ2v) is 5.84. The number of anilines is 2. The number of hydrogen-bond donors (Lipinski definition) is 2. The Morgan fingerprint density at radius 3 is 2.40 bits per heavy atom. The zero-order valence-electron chi connectivity index (χ0n) is 13.3. The smallest absolute Gasteiger partial charge is 0.243 e. The van der Waals surface area contributed by atoms with Gasteiger partial charge in [-0.2, -0.15) is 0 Å². The Morgan fingerprint density at radius 2 is 1.64 bits per heavy atom. The molecule has 0 bridgehead atoms. The Kier molecular flexibility index (Phi) is 5.31. The van der Waals surface area contributed by atoms with Gasteiger partial charge in [0.1, 0.15) is 5.82 Å². The van der Waals surface area contributed by atoms with Crippen molar-refractivity contribution in [3.05, 3.63) is 83.6 Å². The quantitative estimate of drug-likeness (QED) is 0.661. The van der Waals surface area contributed by atoms with Crippen molar-refractivity contribution in [2.45, 2.75) is 0 Å². The van der Waals surface area contributed by atoms with Crippen LogP contribution < -0.4 is 10.6 Å². The molecule has 0 aromatic heterocycles. The van der Waals surface area contributed by atoms with Gasteiger partial charge in [-0.05, 0) is 29.8 Å². The molecule has 3 aromatic carbocycles. The third-order valence-electron chi connectivity index (χ3n) is 3.66. The van der Waals surface area contributed by atoms with Crippen molar-refractivity contribution >= 4 is 28.9 Å². The van der Waals surface area contributed by atoms with Gasteiger partial charge in [0.15, 0.2) is 0 Å². The zero-order chi connectivity index (χ0) is 17.6. The molecule has 0 aliphatic rings. The fraction of sp³-hybridized carbons (Fsp3) is 0.0500. The molecule has 0 heterocycles. The molecule has 25 heavy (non-hydrogen) atoms. The molecule has 3 rings (SSSR count). The van der Waals surface area contributed by atoms with Gasteiger partial charge < -0.3 is 10.6 Å². The highest BCUT2D eigenvalue weighted by atomic mass is 35.5. The number of halogens is 2. The summed E-state index contributed by atoms with van der Waals surface area (Å²) < 4.78 is 13.0. The lowest BCUT2D eigenvalue weighted by molar-refractivity contribution is -0.114. The van der Waals surface area contributed by atoms with Crippen LogP contribution in [0.5, 0.6) is 0 Å². The number of amides is 1. The number of rotatable bonds is 5. The predicted molar refractivity (Wildman–Crippen MR) is 100 cm³/mol. The number of carbonyl (C=O) groups excluding carboxylic acids is 1. The number of hydrogen-bond acceptors (Lipinski definition) is 2. The highest BCUT2D eigenvalue weighted by Crippen LogP contribution is 2.27. The van der Waals surface area contributed by atoms with Gasteiger partial charge in [-0.15, -0.1) is 0 Å². The topological polar surface area (TPSA) is 41.1 Å². The second kappa shape index (κ2) is 7.81. The Bertz CT molecular complexity index is 884. The Hall–Kier alpha value is -2.85. The molecule has 126 valence electrons. The fourth-order valence-electron chi connectivity index (χ4n) is 2.46. The summed E-state index contributed by atoms with van der Waals surface area (Å²) in [5.74, 6) is -0.638. The number of carbonyl (C=O) groups is 1. The standard InChI is InChI=1S/C20H16ClFN2O/c21-17-12-15(22)10-11-19(17)23-13-20(25)24-18-9-5-4-8-16(18)14-6-2-1-3-7-14/h1-12,23H,13H2,(H,24,25). The summed E-state index contributed by atoms with van der Waals surface area (Å²) in [5, 5.41) is 6.03. The van der Waals surface area contributed by atoms with Crippen molar-refractivity contribution in [2.24, 2.45) is 0 Å². The molecule has 0 unspecified atom stereocenters. The largest absolute Gasteiger partial charge is 0.375 e. The molecule has 3 nitrogen and oxygen atoms in total. The van der Waals surface area contributed by atoms with Crippen LogP contribution in [0.25, 0.3) is 11.1 Å². The van der Waals surface area contributed by atoms with Gasteiger partial charge >= 0.3 is 0 Å². The van der Waals surface area contributed by atoms with Gasteiger partial charge in [-0.1, -0.05) is 60.1 Å². The van der Waals surface area contributed by atoms with Crippen molar-refractivity contribution in [3.63, 3.8) is 0 Å². The molecule has 0 saturated carbocycles. The number of para-hydroxylation sites is 1. The third-order valence-corrected chi connectivity index (χ3v) is 3.97. The van der Waals surface area contributed by atoms with E-state index in [1.807, 2.05) is 54.6 Å². The third kappa shape index (κ3) is 4.37. The SMILES string of the molecule is O=C(CNc1ccc(F)cc1Cl)Nc1ccccc1-c1ccccc1. The van der Waals surface area contributed by atoms with Gasteiger partial charge in [-0.3, -0.25) is 4.79 Å².